The Balaban J connectivity index is 1.88. The molecule has 0 spiro atoms. The second kappa shape index (κ2) is 4.26. The standard InChI is InChI=1S/C13H14N2S/c1-2-4-10(5-3-1)15-13-11-7-9-16-12(11)6-8-14-13/h1-2,6-10H,3-5H2,(H,14,15). The predicted molar refractivity (Wildman–Crippen MR) is 70.0 cm³/mol. The molecule has 1 atom stereocenters. The lowest BCUT2D eigenvalue weighted by Gasteiger charge is -2.20. The van der Waals surface area contributed by atoms with Crippen LogP contribution in [0.15, 0.2) is 35.9 Å². The molecule has 2 aromatic rings. The van der Waals surface area contributed by atoms with E-state index < -0.39 is 0 Å². The molecule has 82 valence electrons. The molecule has 0 amide bonds. The summed E-state index contributed by atoms with van der Waals surface area (Å²) in [5.74, 6) is 1.04. The molecule has 0 bridgehead atoms. The molecule has 16 heavy (non-hydrogen) atoms. The summed E-state index contributed by atoms with van der Waals surface area (Å²) < 4.78 is 1.31. The molecule has 2 nitrogen and oxygen atoms in total. The summed E-state index contributed by atoms with van der Waals surface area (Å²) in [4.78, 5) is 4.44. The van der Waals surface area contributed by atoms with E-state index in [2.05, 4.69) is 40.0 Å². The van der Waals surface area contributed by atoms with Gasteiger partial charge in [0.2, 0.25) is 0 Å². The average Bonchev–Trinajstić information content (AvgIpc) is 2.80. The number of fused-ring (bicyclic) bond motifs is 1. The third-order valence-electron chi connectivity index (χ3n) is 2.99. The molecule has 2 aromatic heterocycles. The zero-order chi connectivity index (χ0) is 10.8. The Labute approximate surface area is 99.0 Å². The van der Waals surface area contributed by atoms with Crippen LogP contribution in [-0.2, 0) is 0 Å². The van der Waals surface area contributed by atoms with Crippen LogP contribution >= 0.6 is 11.3 Å². The van der Waals surface area contributed by atoms with E-state index in [9.17, 15) is 0 Å². The molecular weight excluding hydrogens is 216 g/mol. The average molecular weight is 230 g/mol. The van der Waals surface area contributed by atoms with Gasteiger partial charge in [-0.15, -0.1) is 11.3 Å². The van der Waals surface area contributed by atoms with Gasteiger partial charge in [-0.05, 0) is 36.8 Å². The molecule has 3 rings (SSSR count). The number of allylic oxidation sites excluding steroid dienone is 1. The van der Waals surface area contributed by atoms with Crippen molar-refractivity contribution in [2.24, 2.45) is 0 Å². The number of nitrogens with zero attached hydrogens (tertiary/aromatic N) is 1. The summed E-state index contributed by atoms with van der Waals surface area (Å²) in [5.41, 5.74) is 0. The van der Waals surface area contributed by atoms with Crippen molar-refractivity contribution < 1.29 is 0 Å². The largest absolute Gasteiger partial charge is 0.366 e. The quantitative estimate of drug-likeness (QED) is 0.793. The maximum absolute atomic E-state index is 4.44. The molecule has 0 radical (unpaired) electrons. The Morgan fingerprint density at radius 1 is 1.31 bits per heavy atom. The lowest BCUT2D eigenvalue weighted by atomic mass is 10.0. The summed E-state index contributed by atoms with van der Waals surface area (Å²) in [7, 11) is 0. The number of hydrogen-bond acceptors (Lipinski definition) is 3. The van der Waals surface area contributed by atoms with Gasteiger partial charge >= 0.3 is 0 Å². The van der Waals surface area contributed by atoms with Gasteiger partial charge in [-0.2, -0.15) is 0 Å². The second-order valence-corrected chi connectivity index (χ2v) is 5.07. The molecule has 1 aliphatic rings. The fourth-order valence-corrected chi connectivity index (χ4v) is 2.91. The second-order valence-electron chi connectivity index (χ2n) is 4.12. The normalized spacial score (nSPS) is 20.1. The number of hydrogen-bond donors (Lipinski definition) is 1. The number of thiophene rings is 1. The van der Waals surface area contributed by atoms with Crippen molar-refractivity contribution in [3.8, 4) is 0 Å². The highest BCUT2D eigenvalue weighted by Gasteiger charge is 2.11. The van der Waals surface area contributed by atoms with Crippen molar-refractivity contribution in [1.29, 1.82) is 0 Å². The van der Waals surface area contributed by atoms with Gasteiger partial charge in [-0.3, -0.25) is 0 Å². The number of nitrogens with one attached hydrogen (secondary N) is 1. The Morgan fingerprint density at radius 2 is 2.31 bits per heavy atom. The van der Waals surface area contributed by atoms with Gasteiger partial charge in [0.25, 0.3) is 0 Å². The topological polar surface area (TPSA) is 24.9 Å². The van der Waals surface area contributed by atoms with Crippen LogP contribution in [0.2, 0.25) is 0 Å². The molecule has 0 saturated carbocycles. The van der Waals surface area contributed by atoms with E-state index in [0.717, 1.165) is 12.2 Å². The SMILES string of the molecule is C1=CCC(Nc2nccc3sccc23)CC1. The highest BCUT2D eigenvalue weighted by atomic mass is 32.1. The lowest BCUT2D eigenvalue weighted by molar-refractivity contribution is 0.643. The summed E-state index contributed by atoms with van der Waals surface area (Å²) in [6.45, 7) is 0. The molecule has 0 saturated heterocycles. The number of aromatic nitrogens is 1. The van der Waals surface area contributed by atoms with E-state index in [4.69, 9.17) is 0 Å². The van der Waals surface area contributed by atoms with Crippen LogP contribution in [0, 0.1) is 0 Å². The van der Waals surface area contributed by atoms with Gasteiger partial charge in [0, 0.05) is 22.3 Å². The van der Waals surface area contributed by atoms with Crippen LogP contribution in [-0.4, -0.2) is 11.0 Å². The van der Waals surface area contributed by atoms with Crippen LogP contribution in [0.5, 0.6) is 0 Å². The Kier molecular flexibility index (Phi) is 2.62. The van der Waals surface area contributed by atoms with Crippen LogP contribution < -0.4 is 5.32 Å². The lowest BCUT2D eigenvalue weighted by Crippen LogP contribution is -2.20. The Hall–Kier alpha value is -1.35. The number of rotatable bonds is 2. The predicted octanol–water partition coefficient (Wildman–Crippen LogP) is 3.82. The summed E-state index contributed by atoms with van der Waals surface area (Å²) >= 11 is 1.77. The van der Waals surface area contributed by atoms with Gasteiger partial charge in [0.15, 0.2) is 0 Å². The van der Waals surface area contributed by atoms with Crippen molar-refractivity contribution in [2.45, 2.75) is 25.3 Å². The maximum atomic E-state index is 4.44. The Bertz CT molecular complexity index is 515. The third-order valence-corrected chi connectivity index (χ3v) is 3.87. The van der Waals surface area contributed by atoms with E-state index in [1.807, 2.05) is 6.20 Å². The first-order chi connectivity index (χ1) is 7.93. The van der Waals surface area contributed by atoms with Gasteiger partial charge < -0.3 is 5.32 Å². The van der Waals surface area contributed by atoms with E-state index in [1.54, 1.807) is 11.3 Å². The molecule has 3 heteroatoms. The number of anilines is 1. The van der Waals surface area contributed by atoms with Crippen LogP contribution in [0.25, 0.3) is 10.1 Å². The molecule has 1 aliphatic carbocycles. The number of pyridine rings is 1. The van der Waals surface area contributed by atoms with Crippen LogP contribution in [0.3, 0.4) is 0 Å². The minimum atomic E-state index is 0.544. The van der Waals surface area contributed by atoms with Gasteiger partial charge in [-0.1, -0.05) is 12.2 Å². The zero-order valence-corrected chi connectivity index (χ0v) is 9.83. The van der Waals surface area contributed by atoms with Crippen LogP contribution in [0.1, 0.15) is 19.3 Å². The summed E-state index contributed by atoms with van der Waals surface area (Å²) in [5, 5.41) is 6.93. The maximum Gasteiger partial charge on any atom is 0.134 e. The molecule has 1 N–H and O–H groups in total. The van der Waals surface area contributed by atoms with Crippen molar-refractivity contribution in [1.82, 2.24) is 4.98 Å². The highest BCUT2D eigenvalue weighted by Crippen LogP contribution is 2.27. The fraction of sp³-hybridized carbons (Fsp3) is 0.308. The molecular formula is C13H14N2S. The van der Waals surface area contributed by atoms with Gasteiger partial charge in [-0.25, -0.2) is 4.98 Å². The summed E-state index contributed by atoms with van der Waals surface area (Å²) in [6, 6.07) is 4.77. The molecule has 0 aliphatic heterocycles. The molecule has 0 fully saturated rings. The minimum absolute atomic E-state index is 0.544. The monoisotopic (exact) mass is 230 g/mol. The molecule has 1 unspecified atom stereocenters. The van der Waals surface area contributed by atoms with Crippen molar-refractivity contribution in [3.63, 3.8) is 0 Å². The van der Waals surface area contributed by atoms with E-state index in [-0.39, 0.29) is 0 Å². The van der Waals surface area contributed by atoms with Gasteiger partial charge in [0.05, 0.1) is 0 Å². The zero-order valence-electron chi connectivity index (χ0n) is 9.02. The molecule has 2 heterocycles. The van der Waals surface area contributed by atoms with Crippen LogP contribution in [0.4, 0.5) is 5.82 Å². The Morgan fingerprint density at radius 3 is 3.19 bits per heavy atom. The third kappa shape index (κ3) is 1.83. The fourth-order valence-electron chi connectivity index (χ4n) is 2.13. The van der Waals surface area contributed by atoms with E-state index in [1.165, 1.54) is 22.9 Å². The smallest absolute Gasteiger partial charge is 0.134 e. The first kappa shape index (κ1) is 9.85. The van der Waals surface area contributed by atoms with E-state index in [0.29, 0.717) is 6.04 Å². The first-order valence-electron chi connectivity index (χ1n) is 5.67. The van der Waals surface area contributed by atoms with Crippen molar-refractivity contribution in [3.05, 3.63) is 35.9 Å². The van der Waals surface area contributed by atoms with Crippen molar-refractivity contribution in [2.75, 3.05) is 5.32 Å². The highest BCUT2D eigenvalue weighted by molar-refractivity contribution is 7.17. The first-order valence-corrected chi connectivity index (χ1v) is 6.55. The molecule has 0 aromatic carbocycles. The minimum Gasteiger partial charge on any atom is -0.366 e. The summed E-state index contributed by atoms with van der Waals surface area (Å²) in [6.07, 6.45) is 9.91. The van der Waals surface area contributed by atoms with E-state index >= 15 is 0 Å². The van der Waals surface area contributed by atoms with Gasteiger partial charge in [0.1, 0.15) is 5.82 Å². The van der Waals surface area contributed by atoms with Crippen molar-refractivity contribution >= 4 is 27.2 Å².